The second kappa shape index (κ2) is 8.19. The van der Waals surface area contributed by atoms with E-state index in [2.05, 4.69) is 15.4 Å². The molecule has 7 heteroatoms. The van der Waals surface area contributed by atoms with E-state index < -0.39 is 6.36 Å². The van der Waals surface area contributed by atoms with Gasteiger partial charge in [-0.05, 0) is 56.0 Å². The molecule has 128 valence electrons. The van der Waals surface area contributed by atoms with Gasteiger partial charge >= 0.3 is 6.36 Å². The molecular formula is C16H21F3N2O2. The van der Waals surface area contributed by atoms with E-state index in [-0.39, 0.29) is 11.7 Å². The Morgan fingerprint density at radius 2 is 2.04 bits per heavy atom. The molecule has 23 heavy (non-hydrogen) atoms. The minimum Gasteiger partial charge on any atom is -0.406 e. The maximum absolute atomic E-state index is 12.0. The van der Waals surface area contributed by atoms with Crippen LogP contribution in [0.3, 0.4) is 0 Å². The van der Waals surface area contributed by atoms with Crippen LogP contribution in [0, 0.1) is 5.92 Å². The Morgan fingerprint density at radius 3 is 2.65 bits per heavy atom. The van der Waals surface area contributed by atoms with E-state index in [9.17, 15) is 18.0 Å². The van der Waals surface area contributed by atoms with E-state index in [0.29, 0.717) is 25.3 Å². The lowest BCUT2D eigenvalue weighted by Crippen LogP contribution is -2.26. The molecule has 1 aliphatic rings. The number of aryl methyl sites for hydroxylation is 1. The first-order valence-corrected chi connectivity index (χ1v) is 7.74. The fourth-order valence-electron chi connectivity index (χ4n) is 2.58. The van der Waals surface area contributed by atoms with Gasteiger partial charge in [-0.25, -0.2) is 0 Å². The minimum atomic E-state index is -4.68. The lowest BCUT2D eigenvalue weighted by molar-refractivity contribution is -0.274. The van der Waals surface area contributed by atoms with Crippen molar-refractivity contribution in [2.45, 2.75) is 32.0 Å². The molecule has 1 unspecified atom stereocenters. The van der Waals surface area contributed by atoms with Gasteiger partial charge in [0.25, 0.3) is 0 Å². The van der Waals surface area contributed by atoms with Gasteiger partial charge in [-0.15, -0.1) is 13.2 Å². The summed E-state index contributed by atoms with van der Waals surface area (Å²) >= 11 is 0. The van der Waals surface area contributed by atoms with Crippen molar-refractivity contribution in [2.24, 2.45) is 5.92 Å². The third-order valence-corrected chi connectivity index (χ3v) is 3.83. The van der Waals surface area contributed by atoms with E-state index in [0.717, 1.165) is 31.5 Å². The number of halogens is 3. The highest BCUT2D eigenvalue weighted by Crippen LogP contribution is 2.23. The van der Waals surface area contributed by atoms with Crippen molar-refractivity contribution in [3.8, 4) is 5.75 Å². The third kappa shape index (κ3) is 6.90. The Hall–Kier alpha value is -1.76. The zero-order valence-electron chi connectivity index (χ0n) is 12.8. The van der Waals surface area contributed by atoms with E-state index in [1.54, 1.807) is 12.1 Å². The summed E-state index contributed by atoms with van der Waals surface area (Å²) in [5.41, 5.74) is 0.801. The van der Waals surface area contributed by atoms with Crippen LogP contribution in [0.4, 0.5) is 13.2 Å². The lowest BCUT2D eigenvalue weighted by Gasteiger charge is -2.10. The maximum atomic E-state index is 12.0. The van der Waals surface area contributed by atoms with Crippen LogP contribution in [0.15, 0.2) is 24.3 Å². The highest BCUT2D eigenvalue weighted by Gasteiger charge is 2.30. The summed E-state index contributed by atoms with van der Waals surface area (Å²) in [5.74, 6) is 0.346. The third-order valence-electron chi connectivity index (χ3n) is 3.83. The molecule has 1 fully saturated rings. The predicted molar refractivity (Wildman–Crippen MR) is 80.0 cm³/mol. The van der Waals surface area contributed by atoms with E-state index >= 15 is 0 Å². The van der Waals surface area contributed by atoms with Crippen LogP contribution < -0.4 is 15.4 Å². The van der Waals surface area contributed by atoms with Gasteiger partial charge in [0.05, 0.1) is 0 Å². The lowest BCUT2D eigenvalue weighted by atomic mass is 10.1. The number of rotatable bonds is 7. The number of carbonyl (C=O) groups excluding carboxylic acids is 1. The predicted octanol–water partition coefficient (Wildman–Crippen LogP) is 2.63. The SMILES string of the molecule is O=C(CCc1ccc(OC(F)(F)F)cc1)NCCC1CCNC1. The van der Waals surface area contributed by atoms with Crippen molar-refractivity contribution in [3.63, 3.8) is 0 Å². The van der Waals surface area contributed by atoms with Crippen molar-refractivity contribution >= 4 is 5.91 Å². The van der Waals surface area contributed by atoms with Crippen LogP contribution in [0.2, 0.25) is 0 Å². The van der Waals surface area contributed by atoms with Crippen molar-refractivity contribution in [1.82, 2.24) is 10.6 Å². The zero-order valence-corrected chi connectivity index (χ0v) is 12.8. The topological polar surface area (TPSA) is 50.4 Å². The molecule has 0 radical (unpaired) electrons. The number of hydrogen-bond donors (Lipinski definition) is 2. The molecule has 1 aromatic carbocycles. The first-order chi connectivity index (χ1) is 10.9. The van der Waals surface area contributed by atoms with Crippen molar-refractivity contribution in [3.05, 3.63) is 29.8 Å². The van der Waals surface area contributed by atoms with Crippen LogP contribution in [-0.4, -0.2) is 31.9 Å². The summed E-state index contributed by atoms with van der Waals surface area (Å²) in [6.45, 7) is 2.73. The molecule has 2 rings (SSSR count). The summed E-state index contributed by atoms with van der Waals surface area (Å²) < 4.78 is 39.9. The molecule has 0 bridgehead atoms. The average molecular weight is 330 g/mol. The summed E-state index contributed by atoms with van der Waals surface area (Å²) in [4.78, 5) is 11.7. The molecule has 0 aliphatic carbocycles. The number of alkyl halides is 3. The van der Waals surface area contributed by atoms with E-state index in [1.807, 2.05) is 0 Å². The average Bonchev–Trinajstić information content (AvgIpc) is 2.98. The molecule has 1 aliphatic heterocycles. The smallest absolute Gasteiger partial charge is 0.406 e. The van der Waals surface area contributed by atoms with Gasteiger partial charge < -0.3 is 15.4 Å². The Balaban J connectivity index is 1.65. The Labute approximate surface area is 133 Å². The monoisotopic (exact) mass is 330 g/mol. The van der Waals surface area contributed by atoms with Gasteiger partial charge in [0, 0.05) is 13.0 Å². The number of hydrogen-bond acceptors (Lipinski definition) is 3. The van der Waals surface area contributed by atoms with E-state index in [4.69, 9.17) is 0 Å². The first kappa shape index (κ1) is 17.6. The number of ether oxygens (including phenoxy) is 1. The molecule has 1 amide bonds. The second-order valence-corrected chi connectivity index (χ2v) is 5.69. The second-order valence-electron chi connectivity index (χ2n) is 5.69. The summed E-state index contributed by atoms with van der Waals surface area (Å²) in [5, 5.41) is 6.16. The molecule has 0 saturated carbocycles. The van der Waals surface area contributed by atoms with Crippen LogP contribution in [-0.2, 0) is 11.2 Å². The van der Waals surface area contributed by atoms with Crippen LogP contribution in [0.5, 0.6) is 5.75 Å². The summed E-state index contributed by atoms with van der Waals surface area (Å²) in [7, 11) is 0. The van der Waals surface area contributed by atoms with Crippen molar-refractivity contribution in [1.29, 1.82) is 0 Å². The van der Waals surface area contributed by atoms with Crippen LogP contribution >= 0.6 is 0 Å². The maximum Gasteiger partial charge on any atom is 0.573 e. The molecule has 2 N–H and O–H groups in total. The molecule has 4 nitrogen and oxygen atoms in total. The fraction of sp³-hybridized carbons (Fsp3) is 0.562. The Morgan fingerprint density at radius 1 is 1.30 bits per heavy atom. The Bertz CT molecular complexity index is 497. The van der Waals surface area contributed by atoms with Gasteiger partial charge in [0.1, 0.15) is 5.75 Å². The highest BCUT2D eigenvalue weighted by molar-refractivity contribution is 5.76. The van der Waals surface area contributed by atoms with Crippen LogP contribution in [0.25, 0.3) is 0 Å². The minimum absolute atomic E-state index is 0.0356. The number of nitrogens with one attached hydrogen (secondary N) is 2. The van der Waals surface area contributed by atoms with Gasteiger partial charge in [-0.2, -0.15) is 0 Å². The van der Waals surface area contributed by atoms with Crippen molar-refractivity contribution < 1.29 is 22.7 Å². The molecule has 1 saturated heterocycles. The van der Waals surface area contributed by atoms with E-state index in [1.165, 1.54) is 12.1 Å². The van der Waals surface area contributed by atoms with Gasteiger partial charge in [0.2, 0.25) is 5.91 Å². The quantitative estimate of drug-likeness (QED) is 0.808. The first-order valence-electron chi connectivity index (χ1n) is 7.74. The standard InChI is InChI=1S/C16H21F3N2O2/c17-16(18,19)23-14-4-1-12(2-5-14)3-6-15(22)21-10-8-13-7-9-20-11-13/h1-2,4-5,13,20H,3,6-11H2,(H,21,22). The number of amides is 1. The molecule has 0 aromatic heterocycles. The largest absolute Gasteiger partial charge is 0.573 e. The summed E-state index contributed by atoms with van der Waals surface area (Å²) in [6, 6.07) is 5.60. The summed E-state index contributed by atoms with van der Waals surface area (Å²) in [6.07, 6.45) is -1.74. The molecule has 1 heterocycles. The van der Waals surface area contributed by atoms with Crippen LogP contribution in [0.1, 0.15) is 24.8 Å². The normalized spacial score (nSPS) is 18.0. The molecule has 0 spiro atoms. The van der Waals surface area contributed by atoms with Gasteiger partial charge in [-0.1, -0.05) is 12.1 Å². The molecule has 1 aromatic rings. The fourth-order valence-corrected chi connectivity index (χ4v) is 2.58. The molecular weight excluding hydrogens is 309 g/mol. The van der Waals surface area contributed by atoms with Crippen molar-refractivity contribution in [2.75, 3.05) is 19.6 Å². The number of benzene rings is 1. The number of carbonyl (C=O) groups is 1. The van der Waals surface area contributed by atoms with Gasteiger partial charge in [0.15, 0.2) is 0 Å². The van der Waals surface area contributed by atoms with Gasteiger partial charge in [-0.3, -0.25) is 4.79 Å². The highest BCUT2D eigenvalue weighted by atomic mass is 19.4. The molecule has 1 atom stereocenters. The zero-order chi connectivity index (χ0) is 16.7. The Kier molecular flexibility index (Phi) is 6.27.